The first-order chi connectivity index (χ1) is 9.24. The van der Waals surface area contributed by atoms with Crippen molar-refractivity contribution in [1.82, 2.24) is 19.5 Å². The minimum absolute atomic E-state index is 0.138. The molecule has 0 aliphatic rings. The Labute approximate surface area is 120 Å². The summed E-state index contributed by atoms with van der Waals surface area (Å²) >= 11 is 11.8. The lowest BCUT2D eigenvalue weighted by atomic mass is 10.1. The maximum atomic E-state index is 5.98. The molecule has 0 N–H and O–H groups in total. The zero-order chi connectivity index (χ0) is 13.2. The van der Waals surface area contributed by atoms with Crippen molar-refractivity contribution in [3.8, 4) is 0 Å². The molecule has 6 heteroatoms. The van der Waals surface area contributed by atoms with Crippen molar-refractivity contribution < 1.29 is 0 Å². The molecule has 2 heterocycles. The minimum atomic E-state index is 0.138. The fraction of sp³-hybridized carbons (Fsp3) is 0.154. The van der Waals surface area contributed by atoms with Gasteiger partial charge in [-0.25, -0.2) is 9.97 Å². The summed E-state index contributed by atoms with van der Waals surface area (Å²) in [4.78, 5) is 12.3. The fourth-order valence-corrected chi connectivity index (χ4v) is 2.36. The van der Waals surface area contributed by atoms with Gasteiger partial charge in [0.1, 0.15) is 5.52 Å². The largest absolute Gasteiger partial charge is 0.315 e. The Morgan fingerprint density at radius 3 is 2.63 bits per heavy atom. The van der Waals surface area contributed by atoms with Crippen LogP contribution in [0, 0.1) is 0 Å². The smallest absolute Gasteiger partial charge is 0.225 e. The van der Waals surface area contributed by atoms with E-state index in [1.54, 1.807) is 6.33 Å². The highest BCUT2D eigenvalue weighted by Gasteiger charge is 2.10. The standard InChI is InChI=1S/C13H10Cl2N4/c14-11-10-12(18-13(15)17-11)19(8-16-10)7-6-9-4-2-1-3-5-9/h1-5,8H,6-7H2. The summed E-state index contributed by atoms with van der Waals surface area (Å²) < 4.78 is 1.93. The Bertz CT molecular complexity index is 709. The molecular weight excluding hydrogens is 283 g/mol. The molecule has 3 aromatic rings. The maximum Gasteiger partial charge on any atom is 0.225 e. The highest BCUT2D eigenvalue weighted by Crippen LogP contribution is 2.20. The van der Waals surface area contributed by atoms with Crippen molar-refractivity contribution >= 4 is 34.4 Å². The highest BCUT2D eigenvalue weighted by atomic mass is 35.5. The fourth-order valence-electron chi connectivity index (χ4n) is 1.94. The van der Waals surface area contributed by atoms with Crippen LogP contribution in [0.4, 0.5) is 0 Å². The van der Waals surface area contributed by atoms with Gasteiger partial charge in [-0.15, -0.1) is 0 Å². The van der Waals surface area contributed by atoms with Crippen LogP contribution in [-0.2, 0) is 13.0 Å². The molecule has 0 saturated carbocycles. The van der Waals surface area contributed by atoms with E-state index in [9.17, 15) is 0 Å². The van der Waals surface area contributed by atoms with E-state index in [1.807, 2.05) is 22.8 Å². The molecule has 0 fully saturated rings. The molecule has 3 rings (SSSR count). The predicted molar refractivity (Wildman–Crippen MR) is 75.5 cm³/mol. The summed E-state index contributed by atoms with van der Waals surface area (Å²) in [5.74, 6) is 0. The van der Waals surface area contributed by atoms with Crippen molar-refractivity contribution in [1.29, 1.82) is 0 Å². The Hall–Kier alpha value is -1.65. The molecule has 0 radical (unpaired) electrons. The number of rotatable bonds is 3. The summed E-state index contributed by atoms with van der Waals surface area (Å²) in [5, 5.41) is 0.424. The molecule has 0 spiro atoms. The second-order valence-corrected chi connectivity index (χ2v) is 4.83. The van der Waals surface area contributed by atoms with Crippen LogP contribution in [0.2, 0.25) is 10.4 Å². The lowest BCUT2D eigenvalue weighted by Gasteiger charge is -2.04. The average molecular weight is 293 g/mol. The number of halogens is 2. The Kier molecular flexibility index (Phi) is 3.36. The number of aromatic nitrogens is 4. The van der Waals surface area contributed by atoms with Crippen LogP contribution in [-0.4, -0.2) is 19.5 Å². The van der Waals surface area contributed by atoms with Gasteiger partial charge in [-0.2, -0.15) is 4.98 Å². The summed E-state index contributed by atoms with van der Waals surface area (Å²) in [6, 6.07) is 10.2. The van der Waals surface area contributed by atoms with Gasteiger partial charge < -0.3 is 4.57 Å². The minimum Gasteiger partial charge on any atom is -0.315 e. The summed E-state index contributed by atoms with van der Waals surface area (Å²) in [5.41, 5.74) is 2.51. The van der Waals surface area contributed by atoms with E-state index in [-0.39, 0.29) is 10.4 Å². The van der Waals surface area contributed by atoms with Crippen LogP contribution in [0.15, 0.2) is 36.7 Å². The summed E-state index contributed by atoms with van der Waals surface area (Å²) in [6.07, 6.45) is 2.61. The van der Waals surface area contributed by atoms with Gasteiger partial charge in [-0.3, -0.25) is 0 Å². The summed E-state index contributed by atoms with van der Waals surface area (Å²) in [7, 11) is 0. The van der Waals surface area contributed by atoms with E-state index >= 15 is 0 Å². The number of aryl methyl sites for hydroxylation is 2. The zero-order valence-corrected chi connectivity index (χ0v) is 11.4. The van der Waals surface area contributed by atoms with Crippen molar-refractivity contribution in [2.75, 3.05) is 0 Å². The van der Waals surface area contributed by atoms with Gasteiger partial charge in [0.15, 0.2) is 10.8 Å². The van der Waals surface area contributed by atoms with E-state index < -0.39 is 0 Å². The second-order valence-electron chi connectivity index (χ2n) is 4.13. The van der Waals surface area contributed by atoms with E-state index in [4.69, 9.17) is 23.2 Å². The quantitative estimate of drug-likeness (QED) is 0.549. The third-order valence-corrected chi connectivity index (χ3v) is 3.31. The van der Waals surface area contributed by atoms with Crippen LogP contribution < -0.4 is 0 Å². The SMILES string of the molecule is Clc1nc(Cl)c2ncn(CCc3ccccc3)c2n1. The number of hydrogen-bond donors (Lipinski definition) is 0. The lowest BCUT2D eigenvalue weighted by molar-refractivity contribution is 0.709. The number of benzene rings is 1. The van der Waals surface area contributed by atoms with Crippen LogP contribution in [0.5, 0.6) is 0 Å². The molecule has 96 valence electrons. The van der Waals surface area contributed by atoms with Crippen molar-refractivity contribution in [3.05, 3.63) is 52.7 Å². The number of imidazole rings is 1. The molecule has 2 aromatic heterocycles. The van der Waals surface area contributed by atoms with Gasteiger partial charge in [0, 0.05) is 6.54 Å². The molecule has 0 amide bonds. The molecule has 0 atom stereocenters. The van der Waals surface area contributed by atoms with E-state index in [0.717, 1.165) is 13.0 Å². The van der Waals surface area contributed by atoms with Crippen LogP contribution in [0.1, 0.15) is 5.56 Å². The molecule has 0 saturated heterocycles. The molecule has 1 aromatic carbocycles. The van der Waals surface area contributed by atoms with Crippen LogP contribution in [0.25, 0.3) is 11.2 Å². The molecule has 0 aliphatic heterocycles. The average Bonchev–Trinajstić information content (AvgIpc) is 2.81. The van der Waals surface area contributed by atoms with Gasteiger partial charge in [0.2, 0.25) is 5.28 Å². The van der Waals surface area contributed by atoms with E-state index in [2.05, 4.69) is 27.1 Å². The van der Waals surface area contributed by atoms with Gasteiger partial charge in [-0.05, 0) is 23.6 Å². The molecule has 19 heavy (non-hydrogen) atoms. The van der Waals surface area contributed by atoms with Crippen LogP contribution >= 0.6 is 23.2 Å². The monoisotopic (exact) mass is 292 g/mol. The first-order valence-electron chi connectivity index (χ1n) is 5.82. The van der Waals surface area contributed by atoms with Crippen LogP contribution in [0.3, 0.4) is 0 Å². The normalized spacial score (nSPS) is 11.1. The molecule has 0 aliphatic carbocycles. The third-order valence-electron chi connectivity index (χ3n) is 2.88. The number of nitrogens with zero attached hydrogens (tertiary/aromatic N) is 4. The predicted octanol–water partition coefficient (Wildman–Crippen LogP) is 3.38. The van der Waals surface area contributed by atoms with Crippen molar-refractivity contribution in [2.45, 2.75) is 13.0 Å². The van der Waals surface area contributed by atoms with E-state index in [1.165, 1.54) is 5.56 Å². The highest BCUT2D eigenvalue weighted by molar-refractivity contribution is 6.35. The number of hydrogen-bond acceptors (Lipinski definition) is 3. The van der Waals surface area contributed by atoms with Gasteiger partial charge >= 0.3 is 0 Å². The lowest BCUT2D eigenvalue weighted by Crippen LogP contribution is -2.01. The zero-order valence-electron chi connectivity index (χ0n) is 9.92. The van der Waals surface area contributed by atoms with E-state index in [0.29, 0.717) is 11.2 Å². The van der Waals surface area contributed by atoms with Gasteiger partial charge in [0.25, 0.3) is 0 Å². The topological polar surface area (TPSA) is 43.6 Å². The van der Waals surface area contributed by atoms with Crippen molar-refractivity contribution in [3.63, 3.8) is 0 Å². The number of fused-ring (bicyclic) bond motifs is 1. The maximum absolute atomic E-state index is 5.98. The first kappa shape index (κ1) is 12.4. The van der Waals surface area contributed by atoms with Gasteiger partial charge in [0.05, 0.1) is 6.33 Å². The molecule has 0 bridgehead atoms. The van der Waals surface area contributed by atoms with Gasteiger partial charge in [-0.1, -0.05) is 41.9 Å². The Morgan fingerprint density at radius 2 is 1.84 bits per heavy atom. The summed E-state index contributed by atoms with van der Waals surface area (Å²) in [6.45, 7) is 0.768. The van der Waals surface area contributed by atoms with Crippen molar-refractivity contribution in [2.24, 2.45) is 0 Å². The molecular formula is C13H10Cl2N4. The molecule has 0 unspecified atom stereocenters. The third kappa shape index (κ3) is 2.55. The molecule has 4 nitrogen and oxygen atoms in total. The first-order valence-corrected chi connectivity index (χ1v) is 6.57. The Balaban J connectivity index is 1.89. The Morgan fingerprint density at radius 1 is 1.05 bits per heavy atom. The second kappa shape index (κ2) is 5.15.